The van der Waals surface area contributed by atoms with Crippen molar-refractivity contribution >= 4 is 70.9 Å². The molecule has 1 aromatic carbocycles. The Kier molecular flexibility index (Phi) is 20.7. The maximum atomic E-state index is 14.6. The van der Waals surface area contributed by atoms with Crippen molar-refractivity contribution in [2.45, 2.75) is 129 Å². The Morgan fingerprint density at radius 2 is 1.26 bits per heavy atom. The minimum atomic E-state index is -1.60. The fourth-order valence-electron chi connectivity index (χ4n) is 7.28. The van der Waals surface area contributed by atoms with Gasteiger partial charge in [-0.2, -0.15) is 0 Å². The second kappa shape index (κ2) is 25.5. The molecule has 0 bridgehead atoms. The molecule has 2 aliphatic rings. The standard InChI is InChI=1S/C43H60N8O17/c1-7-8-25(36(59)42(65)44-17-33(57)58)47-40(63)28-16-24(46-37(60)23-9-12-29-30(15-23)68-19-67-29)18-51(28)43(66)35(21(4)5)50-41(64)34(20(2)3)49-39(62)27(11-14-32(55)56)48-38(61)26(45-22(6)52)10-13-31(53)54/h9,12,15,20-21,24-28,34-35H,7-8,10-11,13-14,16-19H2,1-6H3,(H,44,65)(H,45,52)(H,46,60)(H,47,63)(H,48,61)(H,49,62)(H,50,64)(H,53,54)(H,55,56)(H,57,58). The van der Waals surface area contributed by atoms with E-state index in [1.807, 2.05) is 5.32 Å². The Labute approximate surface area is 390 Å². The molecule has 7 atom stereocenters. The Hall–Kier alpha value is -7.34. The number of carbonyl (C=O) groups is 12. The van der Waals surface area contributed by atoms with E-state index in [1.54, 1.807) is 34.6 Å². The number of hydrogen-bond acceptors (Lipinski definition) is 14. The number of carbonyl (C=O) groups excluding carboxylic acids is 9. The molecule has 25 heteroatoms. The summed E-state index contributed by atoms with van der Waals surface area (Å²) in [5.74, 6) is -13.1. The molecule has 2 heterocycles. The predicted molar refractivity (Wildman–Crippen MR) is 233 cm³/mol. The van der Waals surface area contributed by atoms with Gasteiger partial charge in [-0.1, -0.05) is 41.0 Å². The number of ether oxygens (including phenoxy) is 2. The number of likely N-dealkylation sites (tertiary alicyclic amines) is 1. The zero-order valence-electron chi connectivity index (χ0n) is 38.5. The highest BCUT2D eigenvalue weighted by atomic mass is 16.7. The smallest absolute Gasteiger partial charge is 0.322 e. The lowest BCUT2D eigenvalue weighted by molar-refractivity contribution is -0.145. The molecule has 1 fully saturated rings. The van der Waals surface area contributed by atoms with Crippen LogP contribution in [0.4, 0.5) is 0 Å². The summed E-state index contributed by atoms with van der Waals surface area (Å²) >= 11 is 0. The van der Waals surface area contributed by atoms with Crippen LogP contribution >= 0.6 is 0 Å². The summed E-state index contributed by atoms with van der Waals surface area (Å²) in [6.07, 6.45) is -2.00. The highest BCUT2D eigenvalue weighted by Gasteiger charge is 2.45. The molecule has 2 aliphatic heterocycles. The second-order valence-electron chi connectivity index (χ2n) is 16.9. The average Bonchev–Trinajstić information content (AvgIpc) is 3.92. The lowest BCUT2D eigenvalue weighted by Crippen LogP contribution is -2.61. The van der Waals surface area contributed by atoms with E-state index in [2.05, 4.69) is 31.9 Å². The SMILES string of the molecule is CCCC(NC(=O)C1CC(NC(=O)c2ccc3c(c2)OCO3)CN1C(=O)C(NC(=O)C(NC(=O)C(CCC(=O)O)NC(=O)C(CCC(=O)O)NC(C)=O)C(C)C)C(C)C)C(=O)C(=O)NCC(=O)O. The van der Waals surface area contributed by atoms with Gasteiger partial charge in [0.15, 0.2) is 11.5 Å². The predicted octanol–water partition coefficient (Wildman–Crippen LogP) is -1.83. The van der Waals surface area contributed by atoms with E-state index in [0.717, 1.165) is 11.8 Å². The van der Waals surface area contributed by atoms with E-state index in [9.17, 15) is 62.6 Å². The fourth-order valence-corrected chi connectivity index (χ4v) is 7.28. The quantitative estimate of drug-likeness (QED) is 0.0457. The first-order valence-corrected chi connectivity index (χ1v) is 21.9. The van der Waals surface area contributed by atoms with Crippen molar-refractivity contribution < 1.29 is 82.3 Å². The fraction of sp³-hybridized carbons (Fsp3) is 0.581. The zero-order chi connectivity index (χ0) is 51.0. The van der Waals surface area contributed by atoms with Crippen LogP contribution in [0.2, 0.25) is 0 Å². The van der Waals surface area contributed by atoms with Crippen LogP contribution < -0.4 is 46.7 Å². The van der Waals surface area contributed by atoms with E-state index in [0.29, 0.717) is 11.5 Å². The van der Waals surface area contributed by atoms with Crippen molar-refractivity contribution in [2.24, 2.45) is 11.8 Å². The Bertz CT molecular complexity index is 2110. The first-order chi connectivity index (χ1) is 31.9. The summed E-state index contributed by atoms with van der Waals surface area (Å²) < 4.78 is 10.7. The van der Waals surface area contributed by atoms with Crippen molar-refractivity contribution in [1.82, 2.24) is 42.1 Å². The molecule has 68 heavy (non-hydrogen) atoms. The van der Waals surface area contributed by atoms with Crippen LogP contribution in [-0.2, 0) is 52.7 Å². The summed E-state index contributed by atoms with van der Waals surface area (Å²) in [6, 6.07) is -5.17. The van der Waals surface area contributed by atoms with Gasteiger partial charge >= 0.3 is 17.9 Å². The maximum Gasteiger partial charge on any atom is 0.322 e. The first kappa shape index (κ1) is 55.0. The maximum absolute atomic E-state index is 14.6. The van der Waals surface area contributed by atoms with E-state index < -0.39 is 151 Å². The molecule has 8 amide bonds. The third-order valence-electron chi connectivity index (χ3n) is 10.8. The number of rotatable bonds is 26. The van der Waals surface area contributed by atoms with Crippen LogP contribution in [0.25, 0.3) is 0 Å². The van der Waals surface area contributed by atoms with Crippen LogP contribution in [0.15, 0.2) is 18.2 Å². The Balaban J connectivity index is 1.92. The number of nitrogens with one attached hydrogen (secondary N) is 7. The summed E-state index contributed by atoms with van der Waals surface area (Å²) in [5.41, 5.74) is 0.158. The molecule has 1 saturated heterocycles. The lowest BCUT2D eigenvalue weighted by Gasteiger charge is -2.33. The van der Waals surface area contributed by atoms with Gasteiger partial charge in [0, 0.05) is 37.9 Å². The molecule has 10 N–H and O–H groups in total. The number of ketones is 1. The van der Waals surface area contributed by atoms with Crippen molar-refractivity contribution in [3.05, 3.63) is 23.8 Å². The highest BCUT2D eigenvalue weighted by molar-refractivity contribution is 6.38. The van der Waals surface area contributed by atoms with Crippen molar-refractivity contribution in [1.29, 1.82) is 0 Å². The minimum absolute atomic E-state index is 0.0511. The molecule has 3 rings (SSSR count). The van der Waals surface area contributed by atoms with Crippen molar-refractivity contribution in [3.63, 3.8) is 0 Å². The van der Waals surface area contributed by atoms with E-state index in [4.69, 9.17) is 19.7 Å². The first-order valence-electron chi connectivity index (χ1n) is 21.9. The number of aliphatic carboxylic acids is 3. The Morgan fingerprint density at radius 3 is 1.82 bits per heavy atom. The monoisotopic (exact) mass is 960 g/mol. The van der Waals surface area contributed by atoms with Gasteiger partial charge in [0.25, 0.3) is 11.8 Å². The summed E-state index contributed by atoms with van der Waals surface area (Å²) in [5, 5.41) is 44.5. The molecule has 374 valence electrons. The molecule has 0 saturated carbocycles. The van der Waals surface area contributed by atoms with Gasteiger partial charge in [0.1, 0.15) is 36.8 Å². The number of nitrogens with zero attached hydrogens (tertiary/aromatic N) is 1. The minimum Gasteiger partial charge on any atom is -0.481 e. The normalized spacial score (nSPS) is 17.1. The average molecular weight is 961 g/mol. The van der Waals surface area contributed by atoms with Gasteiger partial charge in [-0.15, -0.1) is 0 Å². The summed E-state index contributed by atoms with van der Waals surface area (Å²) in [7, 11) is 0. The van der Waals surface area contributed by atoms with Crippen LogP contribution in [0.3, 0.4) is 0 Å². The molecular formula is C43H60N8O17. The number of benzene rings is 1. The summed E-state index contributed by atoms with van der Waals surface area (Å²) in [4.78, 5) is 156. The zero-order valence-corrected chi connectivity index (χ0v) is 38.5. The van der Waals surface area contributed by atoms with Crippen LogP contribution in [0, 0.1) is 11.8 Å². The highest BCUT2D eigenvalue weighted by Crippen LogP contribution is 2.32. The van der Waals surface area contributed by atoms with Crippen LogP contribution in [-0.4, -0.2) is 153 Å². The van der Waals surface area contributed by atoms with E-state index in [1.165, 1.54) is 18.2 Å². The van der Waals surface area contributed by atoms with Gasteiger partial charge in [0.2, 0.25) is 48.0 Å². The number of Topliss-reactive ketones (excluding diaryl/α,β-unsaturated/α-hetero) is 1. The topological polar surface area (TPSA) is 371 Å². The molecular weight excluding hydrogens is 901 g/mol. The largest absolute Gasteiger partial charge is 0.481 e. The molecule has 25 nitrogen and oxygen atoms in total. The number of amides is 8. The number of carboxylic acid groups (broad SMARTS) is 3. The van der Waals surface area contributed by atoms with Gasteiger partial charge < -0.3 is 66.9 Å². The molecule has 1 aromatic rings. The van der Waals surface area contributed by atoms with Gasteiger partial charge in [-0.3, -0.25) is 57.5 Å². The van der Waals surface area contributed by atoms with E-state index >= 15 is 0 Å². The number of fused-ring (bicyclic) bond motifs is 1. The number of carboxylic acids is 3. The van der Waals surface area contributed by atoms with Crippen LogP contribution in [0.5, 0.6) is 11.5 Å². The summed E-state index contributed by atoms with van der Waals surface area (Å²) in [6.45, 7) is 7.78. The Morgan fingerprint density at radius 1 is 0.691 bits per heavy atom. The number of hydrogen-bond donors (Lipinski definition) is 10. The van der Waals surface area contributed by atoms with Gasteiger partial charge in [-0.05, 0) is 55.7 Å². The van der Waals surface area contributed by atoms with Crippen molar-refractivity contribution in [3.8, 4) is 11.5 Å². The van der Waals surface area contributed by atoms with Gasteiger partial charge in [0.05, 0.1) is 6.04 Å². The molecule has 0 spiro atoms. The van der Waals surface area contributed by atoms with Crippen molar-refractivity contribution in [2.75, 3.05) is 19.9 Å². The third-order valence-corrected chi connectivity index (χ3v) is 10.8. The molecule has 0 aromatic heterocycles. The molecule has 0 aliphatic carbocycles. The molecule has 0 radical (unpaired) electrons. The third kappa shape index (κ3) is 16.2. The second-order valence-corrected chi connectivity index (χ2v) is 16.9. The lowest BCUT2D eigenvalue weighted by atomic mass is 9.98. The molecule has 7 unspecified atom stereocenters. The van der Waals surface area contributed by atoms with E-state index in [-0.39, 0.29) is 44.6 Å². The van der Waals surface area contributed by atoms with Gasteiger partial charge in [-0.25, -0.2) is 0 Å². The van der Waals surface area contributed by atoms with Crippen LogP contribution in [0.1, 0.15) is 96.8 Å².